The smallest absolute Gasteiger partial charge is 0.271 e. The Morgan fingerprint density at radius 2 is 1.59 bits per heavy atom. The first kappa shape index (κ1) is 18.9. The Balaban J connectivity index is 1.32. The monoisotopic (exact) mass is 391 g/mol. The van der Waals surface area contributed by atoms with E-state index in [4.69, 9.17) is 0 Å². The number of aromatic nitrogens is 2. The molecule has 1 fully saturated rings. The Kier molecular flexibility index (Phi) is 5.65. The maximum absolute atomic E-state index is 14.0. The van der Waals surface area contributed by atoms with Crippen molar-refractivity contribution in [3.05, 3.63) is 84.1 Å². The standard InChI is InChI=1S/C22H22FN5O/c23-18-8-4-5-9-20(18)27-10-12-28(13-11-27)21-16-24-19(15-25-21)22(29)26-14-17-6-2-1-3-7-17/h1-9,15-16H,10-14H2,(H,26,29). The summed E-state index contributed by atoms with van der Waals surface area (Å²) in [6, 6.07) is 16.5. The molecule has 0 spiro atoms. The number of carbonyl (C=O) groups excluding carboxylic acids is 1. The maximum Gasteiger partial charge on any atom is 0.271 e. The summed E-state index contributed by atoms with van der Waals surface area (Å²) in [6.07, 6.45) is 3.12. The molecule has 0 aliphatic carbocycles. The Morgan fingerprint density at radius 1 is 0.897 bits per heavy atom. The van der Waals surface area contributed by atoms with E-state index in [-0.39, 0.29) is 17.4 Å². The zero-order valence-electron chi connectivity index (χ0n) is 16.0. The van der Waals surface area contributed by atoms with Gasteiger partial charge in [0.15, 0.2) is 0 Å². The highest BCUT2D eigenvalue weighted by molar-refractivity contribution is 5.91. The normalized spacial score (nSPS) is 14.0. The first-order valence-electron chi connectivity index (χ1n) is 9.59. The predicted octanol–water partition coefficient (Wildman–Crippen LogP) is 2.87. The highest BCUT2D eigenvalue weighted by Crippen LogP contribution is 2.21. The van der Waals surface area contributed by atoms with E-state index in [2.05, 4.69) is 20.2 Å². The summed E-state index contributed by atoms with van der Waals surface area (Å²) in [5.41, 5.74) is 1.94. The second-order valence-electron chi connectivity index (χ2n) is 6.85. The molecule has 1 aromatic heterocycles. The predicted molar refractivity (Wildman–Crippen MR) is 110 cm³/mol. The van der Waals surface area contributed by atoms with Gasteiger partial charge in [-0.25, -0.2) is 14.4 Å². The number of anilines is 2. The van der Waals surface area contributed by atoms with Crippen molar-refractivity contribution in [1.82, 2.24) is 15.3 Å². The van der Waals surface area contributed by atoms with Gasteiger partial charge in [0.25, 0.3) is 5.91 Å². The van der Waals surface area contributed by atoms with Crippen molar-refractivity contribution in [3.63, 3.8) is 0 Å². The number of carbonyl (C=O) groups is 1. The largest absolute Gasteiger partial charge is 0.366 e. The van der Waals surface area contributed by atoms with Gasteiger partial charge in [0.2, 0.25) is 0 Å². The van der Waals surface area contributed by atoms with Crippen LogP contribution in [0.1, 0.15) is 16.1 Å². The first-order chi connectivity index (χ1) is 14.2. The number of rotatable bonds is 5. The van der Waals surface area contributed by atoms with Gasteiger partial charge in [-0.1, -0.05) is 42.5 Å². The van der Waals surface area contributed by atoms with Crippen LogP contribution in [0.2, 0.25) is 0 Å². The number of hydrogen-bond acceptors (Lipinski definition) is 5. The molecule has 1 N–H and O–H groups in total. The van der Waals surface area contributed by atoms with E-state index in [1.54, 1.807) is 18.3 Å². The average molecular weight is 391 g/mol. The zero-order chi connectivity index (χ0) is 20.1. The number of nitrogens with zero attached hydrogens (tertiary/aromatic N) is 4. The van der Waals surface area contributed by atoms with E-state index >= 15 is 0 Å². The minimum Gasteiger partial charge on any atom is -0.366 e. The third-order valence-corrected chi connectivity index (χ3v) is 4.96. The Morgan fingerprint density at radius 3 is 2.28 bits per heavy atom. The van der Waals surface area contributed by atoms with Crippen LogP contribution in [0.3, 0.4) is 0 Å². The van der Waals surface area contributed by atoms with Crippen molar-refractivity contribution in [1.29, 1.82) is 0 Å². The molecule has 2 heterocycles. The average Bonchev–Trinajstić information content (AvgIpc) is 2.79. The third kappa shape index (κ3) is 4.51. The molecule has 0 radical (unpaired) electrons. The second-order valence-corrected chi connectivity index (χ2v) is 6.85. The fraction of sp³-hybridized carbons (Fsp3) is 0.227. The van der Waals surface area contributed by atoms with Gasteiger partial charge < -0.3 is 15.1 Å². The van der Waals surface area contributed by atoms with Crippen LogP contribution in [0.4, 0.5) is 15.9 Å². The van der Waals surface area contributed by atoms with Crippen LogP contribution in [0, 0.1) is 5.82 Å². The molecule has 0 saturated carbocycles. The number of halogens is 1. The summed E-state index contributed by atoms with van der Waals surface area (Å²) in [7, 11) is 0. The third-order valence-electron chi connectivity index (χ3n) is 4.96. The molecule has 2 aromatic carbocycles. The maximum atomic E-state index is 14.0. The summed E-state index contributed by atoms with van der Waals surface area (Å²) < 4.78 is 14.0. The van der Waals surface area contributed by atoms with Gasteiger partial charge in [-0.15, -0.1) is 0 Å². The van der Waals surface area contributed by atoms with Gasteiger partial charge in [-0.2, -0.15) is 0 Å². The van der Waals surface area contributed by atoms with E-state index in [0.717, 1.165) is 11.4 Å². The molecule has 1 aliphatic heterocycles. The van der Waals surface area contributed by atoms with Gasteiger partial charge >= 0.3 is 0 Å². The molecule has 0 bridgehead atoms. The fourth-order valence-electron chi connectivity index (χ4n) is 3.36. The first-order valence-corrected chi connectivity index (χ1v) is 9.59. The van der Waals surface area contributed by atoms with Crippen LogP contribution < -0.4 is 15.1 Å². The number of amides is 1. The molecule has 1 aliphatic rings. The van der Waals surface area contributed by atoms with Gasteiger partial charge in [0.05, 0.1) is 18.1 Å². The van der Waals surface area contributed by atoms with Gasteiger partial charge in [0, 0.05) is 32.7 Å². The molecule has 0 unspecified atom stereocenters. The zero-order valence-corrected chi connectivity index (χ0v) is 16.0. The summed E-state index contributed by atoms with van der Waals surface area (Å²) in [6.45, 7) is 3.26. The fourth-order valence-corrected chi connectivity index (χ4v) is 3.36. The van der Waals surface area contributed by atoms with E-state index in [1.807, 2.05) is 41.3 Å². The van der Waals surface area contributed by atoms with E-state index in [9.17, 15) is 9.18 Å². The van der Waals surface area contributed by atoms with E-state index < -0.39 is 0 Å². The Hall–Kier alpha value is -3.48. The van der Waals surface area contributed by atoms with Crippen LogP contribution in [0.25, 0.3) is 0 Å². The summed E-state index contributed by atoms with van der Waals surface area (Å²) >= 11 is 0. The van der Waals surface area contributed by atoms with Crippen molar-refractivity contribution >= 4 is 17.4 Å². The SMILES string of the molecule is O=C(NCc1ccccc1)c1cnc(N2CCN(c3ccccc3F)CC2)cn1. The van der Waals surface area contributed by atoms with Crippen LogP contribution >= 0.6 is 0 Å². The minimum atomic E-state index is -0.253. The molecule has 4 rings (SSSR count). The van der Waals surface area contributed by atoms with Crippen molar-refractivity contribution in [2.45, 2.75) is 6.54 Å². The molecule has 148 valence electrons. The van der Waals surface area contributed by atoms with Crippen molar-refractivity contribution in [2.24, 2.45) is 0 Å². The van der Waals surface area contributed by atoms with Gasteiger partial charge in [0.1, 0.15) is 17.3 Å². The number of para-hydroxylation sites is 1. The summed E-state index contributed by atoms with van der Waals surface area (Å²) in [5.74, 6) is 0.265. The lowest BCUT2D eigenvalue weighted by atomic mass is 10.2. The lowest BCUT2D eigenvalue weighted by Gasteiger charge is -2.36. The topological polar surface area (TPSA) is 61.4 Å². The highest BCUT2D eigenvalue weighted by Gasteiger charge is 2.20. The lowest BCUT2D eigenvalue weighted by Crippen LogP contribution is -2.47. The number of hydrogen-bond donors (Lipinski definition) is 1. The van der Waals surface area contributed by atoms with Crippen molar-refractivity contribution in [3.8, 4) is 0 Å². The lowest BCUT2D eigenvalue weighted by molar-refractivity contribution is 0.0945. The Labute approximate surface area is 169 Å². The Bertz CT molecular complexity index is 956. The molecule has 6 nitrogen and oxygen atoms in total. The van der Waals surface area contributed by atoms with E-state index in [0.29, 0.717) is 38.4 Å². The number of benzene rings is 2. The summed E-state index contributed by atoms with van der Waals surface area (Å²) in [4.78, 5) is 25.1. The van der Waals surface area contributed by atoms with Crippen molar-refractivity contribution < 1.29 is 9.18 Å². The van der Waals surface area contributed by atoms with Gasteiger partial charge in [-0.05, 0) is 17.7 Å². The molecule has 1 saturated heterocycles. The minimum absolute atomic E-state index is 0.202. The number of nitrogens with one attached hydrogen (secondary N) is 1. The number of piperazine rings is 1. The molecule has 29 heavy (non-hydrogen) atoms. The molecule has 3 aromatic rings. The second kappa shape index (κ2) is 8.68. The quantitative estimate of drug-likeness (QED) is 0.725. The molecule has 0 atom stereocenters. The van der Waals surface area contributed by atoms with Crippen LogP contribution in [-0.4, -0.2) is 42.1 Å². The molecular formula is C22H22FN5O. The molecular weight excluding hydrogens is 369 g/mol. The van der Waals surface area contributed by atoms with Gasteiger partial charge in [-0.3, -0.25) is 4.79 Å². The molecule has 1 amide bonds. The molecule has 7 heteroatoms. The van der Waals surface area contributed by atoms with Crippen LogP contribution in [0.15, 0.2) is 67.0 Å². The van der Waals surface area contributed by atoms with Crippen LogP contribution in [-0.2, 0) is 6.54 Å². The van der Waals surface area contributed by atoms with Crippen LogP contribution in [0.5, 0.6) is 0 Å². The summed E-state index contributed by atoms with van der Waals surface area (Å²) in [5, 5.41) is 2.85. The highest BCUT2D eigenvalue weighted by atomic mass is 19.1. The van der Waals surface area contributed by atoms with Crippen molar-refractivity contribution in [2.75, 3.05) is 36.0 Å². The van der Waals surface area contributed by atoms with E-state index in [1.165, 1.54) is 12.3 Å².